The average Bonchev–Trinajstić information content (AvgIpc) is 2.75. The van der Waals surface area contributed by atoms with E-state index in [-0.39, 0.29) is 5.91 Å². The van der Waals surface area contributed by atoms with Gasteiger partial charge in [-0.1, -0.05) is 0 Å². The van der Waals surface area contributed by atoms with Crippen molar-refractivity contribution in [3.05, 3.63) is 29.8 Å². The Morgan fingerprint density at radius 3 is 3.00 bits per heavy atom. The Morgan fingerprint density at radius 1 is 1.57 bits per heavy atom. The Hall–Kier alpha value is -2.11. The number of nitrogens with one attached hydrogen (secondary N) is 3. The van der Waals surface area contributed by atoms with Gasteiger partial charge < -0.3 is 4.98 Å². The quantitative estimate of drug-likeness (QED) is 0.652. The number of carbonyl (C=O) groups is 1. The molecule has 14 heavy (non-hydrogen) atoms. The maximum Gasteiger partial charge on any atom is 0.278 e. The first-order chi connectivity index (χ1) is 6.75. The summed E-state index contributed by atoms with van der Waals surface area (Å²) in [6.07, 6.45) is 3.19. The maximum atomic E-state index is 11.5. The lowest BCUT2D eigenvalue weighted by Gasteiger charge is -1.96. The molecule has 3 N–H and O–H groups in total. The van der Waals surface area contributed by atoms with E-state index in [1.54, 1.807) is 18.5 Å². The number of hydrogen-bond donors (Lipinski definition) is 3. The number of carbonyl (C=O) groups excluding carboxylic acids is 1. The molecule has 2 heterocycles. The van der Waals surface area contributed by atoms with E-state index < -0.39 is 0 Å². The van der Waals surface area contributed by atoms with Gasteiger partial charge in [-0.25, -0.2) is 4.98 Å². The average molecular weight is 191 g/mol. The molecular weight excluding hydrogens is 182 g/mol. The van der Waals surface area contributed by atoms with Gasteiger partial charge >= 0.3 is 0 Å². The third-order valence-corrected chi connectivity index (χ3v) is 1.67. The SMILES string of the molecule is Cc1cc(C(=O)Nc2ncc[nH]2)n[nH]1. The highest BCUT2D eigenvalue weighted by molar-refractivity contribution is 6.01. The summed E-state index contributed by atoms with van der Waals surface area (Å²) in [5.41, 5.74) is 1.19. The lowest BCUT2D eigenvalue weighted by atomic mass is 10.3. The minimum absolute atomic E-state index is 0.288. The standard InChI is InChI=1S/C8H9N5O/c1-5-4-6(13-12-5)7(14)11-8-9-2-3-10-8/h2-4H,1H3,(H,12,13)(H2,9,10,11,14). The van der Waals surface area contributed by atoms with Crippen LogP contribution < -0.4 is 5.32 Å². The summed E-state index contributed by atoms with van der Waals surface area (Å²) in [7, 11) is 0. The fourth-order valence-electron chi connectivity index (χ4n) is 1.04. The molecule has 0 bridgehead atoms. The number of nitrogens with zero attached hydrogens (tertiary/aromatic N) is 2. The first kappa shape index (κ1) is 8.49. The zero-order valence-corrected chi connectivity index (χ0v) is 7.53. The summed E-state index contributed by atoms with van der Waals surface area (Å²) in [5.74, 6) is 0.125. The maximum absolute atomic E-state index is 11.5. The third-order valence-electron chi connectivity index (χ3n) is 1.67. The van der Waals surface area contributed by atoms with Crippen molar-refractivity contribution in [3.8, 4) is 0 Å². The molecule has 0 spiro atoms. The van der Waals surface area contributed by atoms with Crippen molar-refractivity contribution in [1.29, 1.82) is 0 Å². The highest BCUT2D eigenvalue weighted by Gasteiger charge is 2.09. The molecule has 0 aliphatic rings. The minimum atomic E-state index is -0.288. The molecule has 0 aliphatic carbocycles. The monoisotopic (exact) mass is 191 g/mol. The fraction of sp³-hybridized carbons (Fsp3) is 0.125. The smallest absolute Gasteiger partial charge is 0.278 e. The van der Waals surface area contributed by atoms with Gasteiger partial charge in [0, 0.05) is 18.1 Å². The Balaban J connectivity index is 2.10. The number of aromatic amines is 2. The van der Waals surface area contributed by atoms with Crippen LogP contribution in [0.1, 0.15) is 16.2 Å². The molecule has 2 aromatic rings. The summed E-state index contributed by atoms with van der Waals surface area (Å²) < 4.78 is 0. The normalized spacial score (nSPS) is 10.1. The van der Waals surface area contributed by atoms with Crippen molar-refractivity contribution in [2.45, 2.75) is 6.92 Å². The zero-order valence-electron chi connectivity index (χ0n) is 7.53. The van der Waals surface area contributed by atoms with E-state index in [9.17, 15) is 4.79 Å². The largest absolute Gasteiger partial charge is 0.331 e. The first-order valence-corrected chi connectivity index (χ1v) is 4.08. The minimum Gasteiger partial charge on any atom is -0.331 e. The van der Waals surface area contributed by atoms with Crippen LogP contribution in [0.4, 0.5) is 5.95 Å². The lowest BCUT2D eigenvalue weighted by molar-refractivity contribution is 0.102. The number of hydrogen-bond acceptors (Lipinski definition) is 3. The van der Waals surface area contributed by atoms with Crippen LogP contribution in [0.2, 0.25) is 0 Å². The molecule has 0 saturated carbocycles. The molecule has 0 aliphatic heterocycles. The van der Waals surface area contributed by atoms with Gasteiger partial charge in [-0.3, -0.25) is 15.2 Å². The molecular formula is C8H9N5O. The fourth-order valence-corrected chi connectivity index (χ4v) is 1.04. The molecule has 6 heteroatoms. The topological polar surface area (TPSA) is 86.5 Å². The Morgan fingerprint density at radius 2 is 2.43 bits per heavy atom. The van der Waals surface area contributed by atoms with Crippen LogP contribution in [0.3, 0.4) is 0 Å². The van der Waals surface area contributed by atoms with Crippen LogP contribution in [0.25, 0.3) is 0 Å². The molecule has 1 amide bonds. The van der Waals surface area contributed by atoms with E-state index in [0.717, 1.165) is 5.69 Å². The van der Waals surface area contributed by atoms with E-state index in [2.05, 4.69) is 25.5 Å². The molecule has 0 fully saturated rings. The van der Waals surface area contributed by atoms with Crippen LogP contribution in [0.15, 0.2) is 18.5 Å². The van der Waals surface area contributed by atoms with Gasteiger partial charge in [0.25, 0.3) is 5.91 Å². The molecule has 0 aromatic carbocycles. The number of amides is 1. The number of imidazole rings is 1. The van der Waals surface area contributed by atoms with Crippen molar-refractivity contribution >= 4 is 11.9 Å². The van der Waals surface area contributed by atoms with Crippen LogP contribution >= 0.6 is 0 Å². The van der Waals surface area contributed by atoms with E-state index in [4.69, 9.17) is 0 Å². The number of rotatable bonds is 2. The number of H-pyrrole nitrogens is 2. The van der Waals surface area contributed by atoms with E-state index in [1.807, 2.05) is 6.92 Å². The van der Waals surface area contributed by atoms with Gasteiger partial charge in [0.2, 0.25) is 5.95 Å². The van der Waals surface area contributed by atoms with E-state index >= 15 is 0 Å². The second-order valence-corrected chi connectivity index (χ2v) is 2.83. The van der Waals surface area contributed by atoms with E-state index in [0.29, 0.717) is 11.6 Å². The second kappa shape index (κ2) is 3.33. The van der Waals surface area contributed by atoms with Crippen LogP contribution in [-0.2, 0) is 0 Å². The summed E-state index contributed by atoms with van der Waals surface area (Å²) >= 11 is 0. The highest BCUT2D eigenvalue weighted by atomic mass is 16.2. The van der Waals surface area contributed by atoms with Crippen LogP contribution in [0, 0.1) is 6.92 Å². The van der Waals surface area contributed by atoms with Gasteiger partial charge in [0.1, 0.15) is 0 Å². The Labute approximate surface area is 79.8 Å². The molecule has 72 valence electrons. The van der Waals surface area contributed by atoms with Crippen molar-refractivity contribution in [3.63, 3.8) is 0 Å². The third kappa shape index (κ3) is 1.63. The van der Waals surface area contributed by atoms with Crippen molar-refractivity contribution < 1.29 is 4.79 Å². The molecule has 0 radical (unpaired) electrons. The second-order valence-electron chi connectivity index (χ2n) is 2.83. The summed E-state index contributed by atoms with van der Waals surface area (Å²) in [5, 5.41) is 9.07. The predicted molar refractivity (Wildman–Crippen MR) is 49.9 cm³/mol. The molecule has 2 rings (SSSR count). The first-order valence-electron chi connectivity index (χ1n) is 4.08. The summed E-state index contributed by atoms with van der Waals surface area (Å²) in [4.78, 5) is 18.1. The van der Waals surface area contributed by atoms with Crippen molar-refractivity contribution in [1.82, 2.24) is 20.2 Å². The van der Waals surface area contributed by atoms with Gasteiger partial charge in [-0.2, -0.15) is 5.10 Å². The zero-order chi connectivity index (χ0) is 9.97. The van der Waals surface area contributed by atoms with Crippen LogP contribution in [0.5, 0.6) is 0 Å². The van der Waals surface area contributed by atoms with Gasteiger partial charge in [-0.15, -0.1) is 0 Å². The summed E-state index contributed by atoms with van der Waals surface area (Å²) in [6, 6.07) is 1.66. The summed E-state index contributed by atoms with van der Waals surface area (Å²) in [6.45, 7) is 1.83. The molecule has 6 nitrogen and oxygen atoms in total. The molecule has 0 saturated heterocycles. The van der Waals surface area contributed by atoms with E-state index in [1.165, 1.54) is 0 Å². The number of aromatic nitrogens is 4. The van der Waals surface area contributed by atoms with Gasteiger partial charge in [0.15, 0.2) is 5.69 Å². The number of anilines is 1. The molecule has 0 atom stereocenters. The van der Waals surface area contributed by atoms with Crippen LogP contribution in [-0.4, -0.2) is 26.1 Å². The molecule has 0 unspecified atom stereocenters. The van der Waals surface area contributed by atoms with Gasteiger partial charge in [0.05, 0.1) is 0 Å². The predicted octanol–water partition coefficient (Wildman–Crippen LogP) is 0.694. The van der Waals surface area contributed by atoms with Gasteiger partial charge in [-0.05, 0) is 13.0 Å². The lowest BCUT2D eigenvalue weighted by Crippen LogP contribution is -2.13. The number of aryl methyl sites for hydroxylation is 1. The van der Waals surface area contributed by atoms with Crippen molar-refractivity contribution in [2.75, 3.05) is 5.32 Å². The molecule has 2 aromatic heterocycles. The Bertz CT molecular complexity index is 430. The van der Waals surface area contributed by atoms with Crippen molar-refractivity contribution in [2.24, 2.45) is 0 Å². The highest BCUT2D eigenvalue weighted by Crippen LogP contribution is 2.02. The Kier molecular flexibility index (Phi) is 2.02.